The van der Waals surface area contributed by atoms with Gasteiger partial charge in [0.25, 0.3) is 0 Å². The Bertz CT molecular complexity index is 665. The first-order valence-corrected chi connectivity index (χ1v) is 8.44. The van der Waals surface area contributed by atoms with Crippen molar-refractivity contribution >= 4 is 48.0 Å². The molecule has 18 heavy (non-hydrogen) atoms. The normalized spacial score (nSPS) is 13.1. The number of aryl methyl sites for hydroxylation is 2. The summed E-state index contributed by atoms with van der Waals surface area (Å²) in [5, 5.41) is 2.16. The number of thiophene rings is 2. The van der Waals surface area contributed by atoms with Gasteiger partial charge in [0.15, 0.2) is 0 Å². The van der Waals surface area contributed by atoms with E-state index in [-0.39, 0.29) is 0 Å². The predicted octanol–water partition coefficient (Wildman–Crippen LogP) is 6.06. The molecule has 2 aromatic heterocycles. The number of fused-ring (bicyclic) bond motifs is 1. The minimum absolute atomic E-state index is 0.308. The van der Waals surface area contributed by atoms with Crippen molar-refractivity contribution in [3.05, 3.63) is 57.3 Å². The van der Waals surface area contributed by atoms with Crippen molar-refractivity contribution in [3.63, 3.8) is 0 Å². The molecular formula is C15H13BrS2. The summed E-state index contributed by atoms with van der Waals surface area (Å²) in [6.45, 7) is 4.33. The Balaban J connectivity index is 2.03. The minimum Gasteiger partial charge on any atom is -0.143 e. The van der Waals surface area contributed by atoms with E-state index < -0.39 is 0 Å². The van der Waals surface area contributed by atoms with Crippen molar-refractivity contribution in [2.24, 2.45) is 0 Å². The van der Waals surface area contributed by atoms with Crippen LogP contribution in [0.1, 0.15) is 26.4 Å². The lowest BCUT2D eigenvalue weighted by molar-refractivity contribution is 1.17. The summed E-state index contributed by atoms with van der Waals surface area (Å²) >= 11 is 7.55. The van der Waals surface area contributed by atoms with Crippen LogP contribution in [0.2, 0.25) is 0 Å². The van der Waals surface area contributed by atoms with Gasteiger partial charge in [0.2, 0.25) is 0 Å². The second-order valence-electron chi connectivity index (χ2n) is 4.52. The fourth-order valence-electron chi connectivity index (χ4n) is 2.17. The molecule has 92 valence electrons. The third-order valence-corrected chi connectivity index (χ3v) is 6.55. The molecular weight excluding hydrogens is 324 g/mol. The molecule has 0 fully saturated rings. The summed E-state index contributed by atoms with van der Waals surface area (Å²) < 4.78 is 2.79. The quantitative estimate of drug-likeness (QED) is 0.498. The van der Waals surface area contributed by atoms with Crippen molar-refractivity contribution in [2.45, 2.75) is 18.7 Å². The number of benzene rings is 1. The highest BCUT2D eigenvalue weighted by Crippen LogP contribution is 2.40. The number of rotatable bonds is 2. The second kappa shape index (κ2) is 4.80. The molecule has 0 radical (unpaired) electrons. The topological polar surface area (TPSA) is 0 Å². The first-order chi connectivity index (χ1) is 8.65. The van der Waals surface area contributed by atoms with Gasteiger partial charge >= 0.3 is 0 Å². The number of halogens is 1. The third kappa shape index (κ3) is 2.15. The molecule has 0 amide bonds. The average Bonchev–Trinajstić information content (AvgIpc) is 2.87. The smallest absolute Gasteiger partial charge is 0.0741 e. The summed E-state index contributed by atoms with van der Waals surface area (Å²) in [5.41, 5.74) is 4.05. The minimum atomic E-state index is 0.308. The van der Waals surface area contributed by atoms with Crippen LogP contribution in [0, 0.1) is 13.8 Å². The Kier molecular flexibility index (Phi) is 3.31. The van der Waals surface area contributed by atoms with Gasteiger partial charge in [-0.25, -0.2) is 0 Å². The van der Waals surface area contributed by atoms with Crippen LogP contribution < -0.4 is 0 Å². The first-order valence-electron chi connectivity index (χ1n) is 5.83. The molecule has 0 aliphatic carbocycles. The summed E-state index contributed by atoms with van der Waals surface area (Å²) in [4.78, 5) is 1.70. The Morgan fingerprint density at radius 3 is 2.61 bits per heavy atom. The monoisotopic (exact) mass is 336 g/mol. The standard InChI is InChI=1S/C15H13BrS2/c1-9-3-4-11(10(2)7-9)15(16)14-8-13-12(18-14)5-6-17-13/h3-8,15H,1-2H3. The molecule has 0 spiro atoms. The largest absolute Gasteiger partial charge is 0.143 e. The fraction of sp³-hybridized carbons (Fsp3) is 0.200. The molecule has 3 aromatic rings. The lowest BCUT2D eigenvalue weighted by atomic mass is 10.0. The van der Waals surface area contributed by atoms with Gasteiger partial charge < -0.3 is 0 Å². The molecule has 0 aliphatic rings. The van der Waals surface area contributed by atoms with Gasteiger partial charge in [0.05, 0.1) is 4.83 Å². The predicted molar refractivity (Wildman–Crippen MR) is 86.4 cm³/mol. The Morgan fingerprint density at radius 2 is 1.89 bits per heavy atom. The molecule has 0 N–H and O–H groups in total. The van der Waals surface area contributed by atoms with Crippen LogP contribution in [-0.2, 0) is 0 Å². The molecule has 3 rings (SSSR count). The number of hydrogen-bond donors (Lipinski definition) is 0. The molecule has 0 aliphatic heterocycles. The third-order valence-electron chi connectivity index (χ3n) is 3.11. The van der Waals surface area contributed by atoms with Crippen LogP contribution in [0.5, 0.6) is 0 Å². The Morgan fingerprint density at radius 1 is 1.06 bits per heavy atom. The highest BCUT2D eigenvalue weighted by atomic mass is 79.9. The van der Waals surface area contributed by atoms with Crippen molar-refractivity contribution in [2.75, 3.05) is 0 Å². The fourth-order valence-corrected chi connectivity index (χ4v) is 5.22. The van der Waals surface area contributed by atoms with E-state index in [1.54, 1.807) is 0 Å². The molecule has 2 heterocycles. The lowest BCUT2D eigenvalue weighted by Gasteiger charge is -2.12. The van der Waals surface area contributed by atoms with Crippen LogP contribution >= 0.6 is 38.6 Å². The molecule has 0 bridgehead atoms. The molecule has 1 aromatic carbocycles. The van der Waals surface area contributed by atoms with Gasteiger partial charge in [0.1, 0.15) is 0 Å². The first kappa shape index (κ1) is 12.4. The zero-order valence-corrected chi connectivity index (χ0v) is 13.5. The van der Waals surface area contributed by atoms with E-state index in [9.17, 15) is 0 Å². The average molecular weight is 337 g/mol. The molecule has 1 atom stereocenters. The van der Waals surface area contributed by atoms with Crippen molar-refractivity contribution in [1.29, 1.82) is 0 Å². The Labute approximate surface area is 123 Å². The van der Waals surface area contributed by atoms with Crippen molar-refractivity contribution < 1.29 is 0 Å². The van der Waals surface area contributed by atoms with Gasteiger partial charge in [-0.1, -0.05) is 39.7 Å². The van der Waals surface area contributed by atoms with Crippen LogP contribution in [0.25, 0.3) is 9.40 Å². The van der Waals surface area contributed by atoms with E-state index in [1.807, 2.05) is 22.7 Å². The van der Waals surface area contributed by atoms with Gasteiger partial charge in [-0.05, 0) is 42.5 Å². The zero-order valence-electron chi connectivity index (χ0n) is 10.2. The van der Waals surface area contributed by atoms with Gasteiger partial charge in [0, 0.05) is 14.3 Å². The lowest BCUT2D eigenvalue weighted by Crippen LogP contribution is -1.93. The van der Waals surface area contributed by atoms with E-state index in [0.29, 0.717) is 4.83 Å². The molecule has 0 nitrogen and oxygen atoms in total. The summed E-state index contributed by atoms with van der Waals surface area (Å²) in [5.74, 6) is 0. The second-order valence-corrected chi connectivity index (χ2v) is 7.50. The summed E-state index contributed by atoms with van der Waals surface area (Å²) in [6.07, 6.45) is 0. The van der Waals surface area contributed by atoms with Crippen LogP contribution in [0.4, 0.5) is 0 Å². The van der Waals surface area contributed by atoms with Crippen molar-refractivity contribution in [3.8, 4) is 0 Å². The zero-order chi connectivity index (χ0) is 12.7. The van der Waals surface area contributed by atoms with Crippen LogP contribution in [0.3, 0.4) is 0 Å². The van der Waals surface area contributed by atoms with Gasteiger partial charge in [-0.3, -0.25) is 0 Å². The number of alkyl halides is 1. The molecule has 3 heteroatoms. The maximum Gasteiger partial charge on any atom is 0.0741 e. The van der Waals surface area contributed by atoms with E-state index in [1.165, 1.54) is 31.0 Å². The maximum absolute atomic E-state index is 3.85. The van der Waals surface area contributed by atoms with Crippen molar-refractivity contribution in [1.82, 2.24) is 0 Å². The van der Waals surface area contributed by atoms with E-state index in [0.717, 1.165) is 0 Å². The number of hydrogen-bond acceptors (Lipinski definition) is 2. The maximum atomic E-state index is 3.85. The van der Waals surface area contributed by atoms with Gasteiger partial charge in [-0.15, -0.1) is 22.7 Å². The van der Waals surface area contributed by atoms with Gasteiger partial charge in [-0.2, -0.15) is 0 Å². The molecule has 0 saturated heterocycles. The Hall–Kier alpha value is -0.640. The highest BCUT2D eigenvalue weighted by Gasteiger charge is 2.15. The SMILES string of the molecule is Cc1ccc(C(Br)c2cc3sccc3s2)c(C)c1. The molecule has 1 unspecified atom stereocenters. The van der Waals surface area contributed by atoms with Crippen LogP contribution in [0.15, 0.2) is 35.7 Å². The summed E-state index contributed by atoms with van der Waals surface area (Å²) in [6, 6.07) is 11.2. The molecule has 0 saturated carbocycles. The van der Waals surface area contributed by atoms with E-state index in [2.05, 4.69) is 65.5 Å². The highest BCUT2D eigenvalue weighted by molar-refractivity contribution is 9.09. The summed E-state index contributed by atoms with van der Waals surface area (Å²) in [7, 11) is 0. The van der Waals surface area contributed by atoms with E-state index in [4.69, 9.17) is 0 Å². The van der Waals surface area contributed by atoms with E-state index >= 15 is 0 Å². The van der Waals surface area contributed by atoms with Crippen LogP contribution in [-0.4, -0.2) is 0 Å².